The lowest BCUT2D eigenvalue weighted by Gasteiger charge is -2.24. The van der Waals surface area contributed by atoms with Crippen LogP contribution in [0.1, 0.15) is 11.6 Å². The molecule has 0 spiro atoms. The van der Waals surface area contributed by atoms with Gasteiger partial charge in [-0.1, -0.05) is 35.9 Å². The quantitative estimate of drug-likeness (QED) is 0.855. The fraction of sp³-hybridized carbons (Fsp3) is 0.267. The topological polar surface area (TPSA) is 34.1 Å². The molecule has 3 rings (SSSR count). The van der Waals surface area contributed by atoms with Crippen molar-refractivity contribution in [2.45, 2.75) is 6.04 Å². The minimum Gasteiger partial charge on any atom is -0.378 e. The van der Waals surface area contributed by atoms with E-state index in [-0.39, 0.29) is 0 Å². The van der Waals surface area contributed by atoms with Crippen LogP contribution in [0.25, 0.3) is 11.1 Å². The Labute approximate surface area is 117 Å². The molecule has 1 aliphatic heterocycles. The molecule has 0 saturated carbocycles. The van der Waals surface area contributed by atoms with Crippen LogP contribution in [-0.2, 0) is 4.74 Å². The van der Waals surface area contributed by atoms with Crippen molar-refractivity contribution in [1.29, 1.82) is 0 Å². The van der Waals surface area contributed by atoms with Crippen LogP contribution in [0.3, 0.4) is 0 Å². The third kappa shape index (κ3) is 2.95. The summed E-state index contributed by atoms with van der Waals surface area (Å²) in [5.74, 6) is 0. The van der Waals surface area contributed by atoms with Crippen molar-refractivity contribution >= 4 is 11.6 Å². The first-order valence-electron chi connectivity index (χ1n) is 6.36. The number of hydrogen-bond acceptors (Lipinski definition) is 3. The van der Waals surface area contributed by atoms with Gasteiger partial charge in [-0.05, 0) is 23.3 Å². The molecule has 1 fully saturated rings. The van der Waals surface area contributed by atoms with Gasteiger partial charge in [0.2, 0.25) is 0 Å². The standard InChI is InChI=1S/C15H15ClN2O/c16-15-6-5-13(9-18-15)11-1-3-12(4-2-11)14-10-19-8-7-17-14/h1-6,9,14,17H,7-8,10H2. The third-order valence-electron chi connectivity index (χ3n) is 3.30. The van der Waals surface area contributed by atoms with Crippen molar-refractivity contribution in [2.75, 3.05) is 19.8 Å². The molecule has 1 unspecified atom stereocenters. The minimum atomic E-state index is 0.297. The summed E-state index contributed by atoms with van der Waals surface area (Å²) in [6.07, 6.45) is 1.79. The molecule has 1 aromatic carbocycles. The summed E-state index contributed by atoms with van der Waals surface area (Å²) in [6.45, 7) is 2.44. The number of hydrogen-bond donors (Lipinski definition) is 1. The zero-order chi connectivity index (χ0) is 13.1. The number of rotatable bonds is 2. The van der Waals surface area contributed by atoms with Crippen LogP contribution in [0.2, 0.25) is 5.15 Å². The van der Waals surface area contributed by atoms with Gasteiger partial charge in [-0.25, -0.2) is 4.98 Å². The summed E-state index contributed by atoms with van der Waals surface area (Å²) in [4.78, 5) is 4.10. The predicted octanol–water partition coefficient (Wildman–Crippen LogP) is 3.06. The fourth-order valence-corrected chi connectivity index (χ4v) is 2.35. The minimum absolute atomic E-state index is 0.297. The van der Waals surface area contributed by atoms with Gasteiger partial charge in [0.1, 0.15) is 5.15 Å². The van der Waals surface area contributed by atoms with Crippen LogP contribution in [0.5, 0.6) is 0 Å². The predicted molar refractivity (Wildman–Crippen MR) is 76.2 cm³/mol. The maximum Gasteiger partial charge on any atom is 0.129 e. The molecule has 2 aromatic rings. The summed E-state index contributed by atoms with van der Waals surface area (Å²) < 4.78 is 5.48. The van der Waals surface area contributed by atoms with Gasteiger partial charge >= 0.3 is 0 Å². The molecule has 1 aromatic heterocycles. The fourth-order valence-electron chi connectivity index (χ4n) is 2.23. The number of nitrogens with zero attached hydrogens (tertiary/aromatic N) is 1. The second-order valence-electron chi connectivity index (χ2n) is 4.57. The van der Waals surface area contributed by atoms with E-state index in [4.69, 9.17) is 16.3 Å². The number of nitrogens with one attached hydrogen (secondary N) is 1. The van der Waals surface area contributed by atoms with Gasteiger partial charge in [0.05, 0.1) is 19.3 Å². The zero-order valence-electron chi connectivity index (χ0n) is 10.5. The van der Waals surface area contributed by atoms with E-state index < -0.39 is 0 Å². The molecule has 0 bridgehead atoms. The van der Waals surface area contributed by atoms with E-state index in [1.165, 1.54) is 5.56 Å². The Bertz CT molecular complexity index is 533. The number of aromatic nitrogens is 1. The molecule has 0 aliphatic carbocycles. The Balaban J connectivity index is 1.80. The first kappa shape index (κ1) is 12.6. The lowest BCUT2D eigenvalue weighted by molar-refractivity contribution is 0.0769. The van der Waals surface area contributed by atoms with Crippen LogP contribution in [0, 0.1) is 0 Å². The highest BCUT2D eigenvalue weighted by atomic mass is 35.5. The zero-order valence-corrected chi connectivity index (χ0v) is 11.2. The second-order valence-corrected chi connectivity index (χ2v) is 4.96. The van der Waals surface area contributed by atoms with E-state index in [1.54, 1.807) is 12.3 Å². The van der Waals surface area contributed by atoms with Crippen molar-refractivity contribution in [1.82, 2.24) is 10.3 Å². The molecule has 1 saturated heterocycles. The van der Waals surface area contributed by atoms with Crippen molar-refractivity contribution in [3.05, 3.63) is 53.3 Å². The highest BCUT2D eigenvalue weighted by molar-refractivity contribution is 6.29. The van der Waals surface area contributed by atoms with Crippen molar-refractivity contribution in [3.8, 4) is 11.1 Å². The monoisotopic (exact) mass is 274 g/mol. The van der Waals surface area contributed by atoms with E-state index in [9.17, 15) is 0 Å². The number of ether oxygens (including phenoxy) is 1. The Morgan fingerprint density at radius 2 is 1.89 bits per heavy atom. The summed E-state index contributed by atoms with van der Waals surface area (Å²) in [5, 5.41) is 3.96. The molecule has 0 amide bonds. The lowest BCUT2D eigenvalue weighted by Crippen LogP contribution is -2.34. The van der Waals surface area contributed by atoms with Crippen LogP contribution >= 0.6 is 11.6 Å². The Morgan fingerprint density at radius 3 is 2.53 bits per heavy atom. The first-order chi connectivity index (χ1) is 9.33. The number of benzene rings is 1. The van der Waals surface area contributed by atoms with Gasteiger partial charge in [-0.2, -0.15) is 0 Å². The largest absolute Gasteiger partial charge is 0.378 e. The average molecular weight is 275 g/mol. The molecule has 19 heavy (non-hydrogen) atoms. The first-order valence-corrected chi connectivity index (χ1v) is 6.74. The van der Waals surface area contributed by atoms with Crippen molar-refractivity contribution in [3.63, 3.8) is 0 Å². The summed E-state index contributed by atoms with van der Waals surface area (Å²) in [7, 11) is 0. The molecule has 0 radical (unpaired) electrons. The van der Waals surface area contributed by atoms with E-state index >= 15 is 0 Å². The average Bonchev–Trinajstić information content (AvgIpc) is 2.49. The highest BCUT2D eigenvalue weighted by Gasteiger charge is 2.14. The van der Waals surface area contributed by atoms with Gasteiger partial charge in [0.15, 0.2) is 0 Å². The molecule has 98 valence electrons. The van der Waals surface area contributed by atoms with Crippen LogP contribution in [0.4, 0.5) is 0 Å². The third-order valence-corrected chi connectivity index (χ3v) is 3.52. The summed E-state index contributed by atoms with van der Waals surface area (Å²) in [6, 6.07) is 12.6. The maximum absolute atomic E-state index is 5.79. The van der Waals surface area contributed by atoms with E-state index in [2.05, 4.69) is 34.6 Å². The highest BCUT2D eigenvalue weighted by Crippen LogP contribution is 2.23. The molecule has 3 nitrogen and oxygen atoms in total. The Hall–Kier alpha value is -1.42. The molecule has 2 heterocycles. The molecule has 1 N–H and O–H groups in total. The molecule has 4 heteroatoms. The van der Waals surface area contributed by atoms with Crippen molar-refractivity contribution in [2.24, 2.45) is 0 Å². The molecule has 1 atom stereocenters. The molecule has 1 aliphatic rings. The number of morpholine rings is 1. The van der Waals surface area contributed by atoms with Gasteiger partial charge in [0.25, 0.3) is 0 Å². The second kappa shape index (κ2) is 5.70. The van der Waals surface area contributed by atoms with Crippen molar-refractivity contribution < 1.29 is 4.74 Å². The summed E-state index contributed by atoms with van der Waals surface area (Å²) in [5.41, 5.74) is 3.47. The SMILES string of the molecule is Clc1ccc(-c2ccc(C3COCCN3)cc2)cn1. The van der Waals surface area contributed by atoms with E-state index in [0.29, 0.717) is 11.2 Å². The van der Waals surface area contributed by atoms with Gasteiger partial charge < -0.3 is 10.1 Å². The van der Waals surface area contributed by atoms with Crippen LogP contribution in [0.15, 0.2) is 42.6 Å². The van der Waals surface area contributed by atoms with Crippen LogP contribution in [-0.4, -0.2) is 24.7 Å². The summed E-state index contributed by atoms with van der Waals surface area (Å²) >= 11 is 5.79. The normalized spacial score (nSPS) is 19.3. The Kier molecular flexibility index (Phi) is 3.78. The van der Waals surface area contributed by atoms with E-state index in [0.717, 1.165) is 30.9 Å². The van der Waals surface area contributed by atoms with Crippen LogP contribution < -0.4 is 5.32 Å². The van der Waals surface area contributed by atoms with Gasteiger partial charge in [-0.15, -0.1) is 0 Å². The molecular weight excluding hydrogens is 260 g/mol. The smallest absolute Gasteiger partial charge is 0.129 e. The number of halogens is 1. The van der Waals surface area contributed by atoms with E-state index in [1.807, 2.05) is 6.07 Å². The lowest BCUT2D eigenvalue weighted by atomic mass is 10.0. The number of pyridine rings is 1. The molecular formula is C15H15ClN2O. The Morgan fingerprint density at radius 1 is 1.11 bits per heavy atom. The van der Waals surface area contributed by atoms with Gasteiger partial charge in [-0.3, -0.25) is 0 Å². The van der Waals surface area contributed by atoms with Gasteiger partial charge in [0, 0.05) is 18.3 Å². The maximum atomic E-state index is 5.79.